The van der Waals surface area contributed by atoms with E-state index in [0.29, 0.717) is 49.9 Å². The highest BCUT2D eigenvalue weighted by atomic mass is 19.1. The Morgan fingerprint density at radius 2 is 2.09 bits per heavy atom. The molecule has 2 N–H and O–H groups in total. The molecule has 0 unspecified atom stereocenters. The number of carbonyl (C=O) groups excluding carboxylic acids is 2. The van der Waals surface area contributed by atoms with E-state index in [9.17, 15) is 14.0 Å². The number of benzene rings is 2. The molecule has 3 aromatic rings. The average molecular weight is 469 g/mol. The Morgan fingerprint density at radius 1 is 1.26 bits per heavy atom. The normalized spacial score (nSPS) is 13.1. The van der Waals surface area contributed by atoms with Crippen molar-refractivity contribution in [1.82, 2.24) is 19.7 Å². The molecular formula is C23H24FN5O5. The third-order valence-electron chi connectivity index (χ3n) is 5.35. The maximum absolute atomic E-state index is 14.8. The molecule has 11 heteroatoms. The second-order valence-corrected chi connectivity index (χ2v) is 7.79. The Morgan fingerprint density at radius 3 is 2.74 bits per heavy atom. The molecule has 0 bridgehead atoms. The lowest BCUT2D eigenvalue weighted by molar-refractivity contribution is 0.0997. The van der Waals surface area contributed by atoms with Crippen molar-refractivity contribution in [3.05, 3.63) is 53.6 Å². The Balaban J connectivity index is 1.48. The van der Waals surface area contributed by atoms with Crippen LogP contribution in [0.15, 0.2) is 36.7 Å². The van der Waals surface area contributed by atoms with Crippen LogP contribution in [0.3, 0.4) is 0 Å². The van der Waals surface area contributed by atoms with Crippen LogP contribution in [-0.2, 0) is 11.8 Å². The number of nitrogens with zero attached hydrogens (tertiary/aromatic N) is 4. The van der Waals surface area contributed by atoms with Crippen molar-refractivity contribution in [3.8, 4) is 28.6 Å². The van der Waals surface area contributed by atoms with Gasteiger partial charge in [0.25, 0.3) is 5.91 Å². The minimum absolute atomic E-state index is 0.0950. The second-order valence-electron chi connectivity index (χ2n) is 7.79. The van der Waals surface area contributed by atoms with Crippen LogP contribution in [0.4, 0.5) is 9.18 Å². The van der Waals surface area contributed by atoms with Gasteiger partial charge in [0, 0.05) is 25.2 Å². The number of aryl methyl sites for hydroxylation is 2. The van der Waals surface area contributed by atoms with Crippen molar-refractivity contribution in [3.63, 3.8) is 0 Å². The molecule has 10 nitrogen and oxygen atoms in total. The summed E-state index contributed by atoms with van der Waals surface area (Å²) < 4.78 is 32.7. The zero-order valence-corrected chi connectivity index (χ0v) is 18.8. The van der Waals surface area contributed by atoms with Gasteiger partial charge in [-0.15, -0.1) is 10.2 Å². The van der Waals surface area contributed by atoms with E-state index in [2.05, 4.69) is 10.2 Å². The molecule has 1 aliphatic rings. The highest BCUT2D eigenvalue weighted by Gasteiger charge is 2.21. The van der Waals surface area contributed by atoms with Gasteiger partial charge in [-0.05, 0) is 43.2 Å². The molecule has 2 amide bonds. The van der Waals surface area contributed by atoms with E-state index in [1.807, 2.05) is 0 Å². The molecule has 2 heterocycles. The molecule has 1 aliphatic heterocycles. The number of amides is 2. The van der Waals surface area contributed by atoms with Gasteiger partial charge < -0.3 is 29.4 Å². The first kappa shape index (κ1) is 23.0. The molecule has 0 saturated carbocycles. The fourth-order valence-electron chi connectivity index (χ4n) is 3.58. The number of halogens is 1. The van der Waals surface area contributed by atoms with Crippen LogP contribution < -0.4 is 15.2 Å². The van der Waals surface area contributed by atoms with Crippen LogP contribution in [0.5, 0.6) is 17.2 Å². The smallest absolute Gasteiger partial charge is 0.409 e. The number of ether oxygens (including phenoxy) is 3. The quantitative estimate of drug-likeness (QED) is 0.478. The van der Waals surface area contributed by atoms with Gasteiger partial charge in [-0.1, -0.05) is 0 Å². The molecular weight excluding hydrogens is 445 g/mol. The van der Waals surface area contributed by atoms with Crippen LogP contribution in [0.1, 0.15) is 22.3 Å². The zero-order valence-electron chi connectivity index (χ0n) is 18.8. The van der Waals surface area contributed by atoms with Crippen molar-refractivity contribution in [2.75, 3.05) is 26.3 Å². The van der Waals surface area contributed by atoms with Crippen molar-refractivity contribution in [2.45, 2.75) is 13.3 Å². The van der Waals surface area contributed by atoms with Crippen LogP contribution in [0.25, 0.3) is 11.4 Å². The van der Waals surface area contributed by atoms with Gasteiger partial charge in [0.15, 0.2) is 17.4 Å². The Kier molecular flexibility index (Phi) is 6.62. The van der Waals surface area contributed by atoms with Gasteiger partial charge in [0.05, 0.1) is 18.7 Å². The highest BCUT2D eigenvalue weighted by Crippen LogP contribution is 2.34. The summed E-state index contributed by atoms with van der Waals surface area (Å²) in [5.74, 6) is -0.497. The van der Waals surface area contributed by atoms with Crippen LogP contribution in [0, 0.1) is 12.7 Å². The molecule has 0 radical (unpaired) electrons. The molecule has 1 aromatic heterocycles. The molecule has 4 rings (SSSR count). The summed E-state index contributed by atoms with van der Waals surface area (Å²) in [4.78, 5) is 25.0. The third-order valence-corrected chi connectivity index (χ3v) is 5.35. The van der Waals surface area contributed by atoms with Gasteiger partial charge in [-0.25, -0.2) is 9.18 Å². The van der Waals surface area contributed by atoms with Gasteiger partial charge in [0.1, 0.15) is 24.4 Å². The number of carbonyl (C=O) groups is 2. The van der Waals surface area contributed by atoms with Gasteiger partial charge in [0.2, 0.25) is 0 Å². The SMILES string of the molecule is Cc1cc(C(N)=O)c(Oc2ccc(OCCCN3CCOC3=O)cc2F)cc1-c1nncn1C. The summed E-state index contributed by atoms with van der Waals surface area (Å²) in [5.41, 5.74) is 7.04. The van der Waals surface area contributed by atoms with Crippen molar-refractivity contribution in [1.29, 1.82) is 0 Å². The number of nitrogens with two attached hydrogens (primary N) is 1. The summed E-state index contributed by atoms with van der Waals surface area (Å²) in [6.07, 6.45) is 1.79. The van der Waals surface area contributed by atoms with Gasteiger partial charge in [-0.2, -0.15) is 0 Å². The molecule has 1 fully saturated rings. The Labute approximate surface area is 195 Å². The Bertz CT molecular complexity index is 1230. The lowest BCUT2D eigenvalue weighted by Gasteiger charge is -2.15. The first-order chi connectivity index (χ1) is 16.3. The lowest BCUT2D eigenvalue weighted by Crippen LogP contribution is -2.26. The van der Waals surface area contributed by atoms with E-state index in [4.69, 9.17) is 19.9 Å². The minimum Gasteiger partial charge on any atom is -0.493 e. The fourth-order valence-corrected chi connectivity index (χ4v) is 3.58. The topological polar surface area (TPSA) is 122 Å². The maximum Gasteiger partial charge on any atom is 0.409 e. The van der Waals surface area contributed by atoms with Crippen molar-refractivity contribution >= 4 is 12.0 Å². The average Bonchev–Trinajstić information content (AvgIpc) is 3.41. The van der Waals surface area contributed by atoms with E-state index in [0.717, 1.165) is 5.56 Å². The molecule has 178 valence electrons. The molecule has 2 aromatic carbocycles. The predicted octanol–water partition coefficient (Wildman–Crippen LogP) is 3.04. The molecule has 34 heavy (non-hydrogen) atoms. The van der Waals surface area contributed by atoms with Crippen LogP contribution in [0.2, 0.25) is 0 Å². The third kappa shape index (κ3) is 4.92. The van der Waals surface area contributed by atoms with Crippen LogP contribution in [-0.4, -0.2) is 58.0 Å². The number of aromatic nitrogens is 3. The summed E-state index contributed by atoms with van der Waals surface area (Å²) >= 11 is 0. The maximum atomic E-state index is 14.8. The molecule has 0 spiro atoms. The van der Waals surface area contributed by atoms with E-state index in [1.54, 1.807) is 48.0 Å². The van der Waals surface area contributed by atoms with E-state index in [-0.39, 0.29) is 23.2 Å². The standard InChI is InChI=1S/C23H24FN5O5/c1-14-10-17(21(25)30)20(12-16(14)22-27-26-13-28(22)2)34-19-5-4-15(11-18(19)24)32-8-3-6-29-7-9-33-23(29)31/h4-5,10-13H,3,6-9H2,1-2H3,(H2,25,30). The van der Waals surface area contributed by atoms with Gasteiger partial charge >= 0.3 is 6.09 Å². The second kappa shape index (κ2) is 9.77. The van der Waals surface area contributed by atoms with Gasteiger partial charge in [-0.3, -0.25) is 4.79 Å². The summed E-state index contributed by atoms with van der Waals surface area (Å²) in [6, 6.07) is 7.33. The number of hydrogen-bond donors (Lipinski definition) is 1. The summed E-state index contributed by atoms with van der Waals surface area (Å²) in [5, 5.41) is 7.96. The molecule has 0 atom stereocenters. The first-order valence-electron chi connectivity index (χ1n) is 10.6. The largest absolute Gasteiger partial charge is 0.493 e. The monoisotopic (exact) mass is 469 g/mol. The molecule has 1 saturated heterocycles. The van der Waals surface area contributed by atoms with Crippen molar-refractivity contribution in [2.24, 2.45) is 12.8 Å². The van der Waals surface area contributed by atoms with E-state index >= 15 is 0 Å². The fraction of sp³-hybridized carbons (Fsp3) is 0.304. The van der Waals surface area contributed by atoms with Crippen molar-refractivity contribution < 1.29 is 28.2 Å². The Hall–Kier alpha value is -4.15. The predicted molar refractivity (Wildman–Crippen MR) is 119 cm³/mol. The number of primary amides is 1. The highest BCUT2D eigenvalue weighted by molar-refractivity contribution is 5.97. The summed E-state index contributed by atoms with van der Waals surface area (Å²) in [7, 11) is 1.78. The first-order valence-corrected chi connectivity index (χ1v) is 10.6. The number of hydrogen-bond acceptors (Lipinski definition) is 7. The van der Waals surface area contributed by atoms with E-state index < -0.39 is 11.7 Å². The van der Waals surface area contributed by atoms with Crippen LogP contribution >= 0.6 is 0 Å². The van der Waals surface area contributed by atoms with E-state index in [1.165, 1.54) is 12.1 Å². The number of cyclic esters (lactones) is 1. The zero-order chi connectivity index (χ0) is 24.2. The summed E-state index contributed by atoms with van der Waals surface area (Å²) in [6.45, 7) is 3.56. The minimum atomic E-state index is -0.704. The number of rotatable bonds is 9. The molecule has 0 aliphatic carbocycles. The lowest BCUT2D eigenvalue weighted by atomic mass is 10.0.